The standard InChI is InChI=1S/C12H9BrF3NS/c13-9-4-3-7(12(14,15)16)6-8(9)11(17)10-2-1-5-18-10/h1-6,11H,17H2/t11-/m1/s1. The van der Waals surface area contributed by atoms with Gasteiger partial charge in [0.1, 0.15) is 0 Å². The fourth-order valence-electron chi connectivity index (χ4n) is 1.58. The van der Waals surface area contributed by atoms with Crippen molar-refractivity contribution in [1.29, 1.82) is 0 Å². The summed E-state index contributed by atoms with van der Waals surface area (Å²) < 4.78 is 38.5. The minimum atomic E-state index is -4.36. The molecule has 0 amide bonds. The molecule has 0 radical (unpaired) electrons. The summed E-state index contributed by atoms with van der Waals surface area (Å²) in [5.74, 6) is 0. The van der Waals surface area contributed by atoms with E-state index >= 15 is 0 Å². The first kappa shape index (κ1) is 13.6. The van der Waals surface area contributed by atoms with Crippen molar-refractivity contribution < 1.29 is 13.2 Å². The van der Waals surface area contributed by atoms with E-state index in [9.17, 15) is 13.2 Å². The second kappa shape index (κ2) is 5.03. The normalized spacial score (nSPS) is 13.6. The summed E-state index contributed by atoms with van der Waals surface area (Å²) in [7, 11) is 0. The number of hydrogen-bond donors (Lipinski definition) is 1. The molecule has 0 saturated heterocycles. The van der Waals surface area contributed by atoms with Crippen molar-refractivity contribution in [2.24, 2.45) is 5.73 Å². The van der Waals surface area contributed by atoms with Gasteiger partial charge in [0.2, 0.25) is 0 Å². The van der Waals surface area contributed by atoms with Crippen LogP contribution < -0.4 is 5.73 Å². The SMILES string of the molecule is N[C@@H](c1cccs1)c1cc(C(F)(F)F)ccc1Br. The third-order valence-electron chi connectivity index (χ3n) is 2.51. The Kier molecular flexibility index (Phi) is 3.79. The second-order valence-electron chi connectivity index (χ2n) is 3.73. The third kappa shape index (κ3) is 2.76. The number of benzene rings is 1. The molecule has 0 fully saturated rings. The van der Waals surface area contributed by atoms with Gasteiger partial charge < -0.3 is 5.73 Å². The largest absolute Gasteiger partial charge is 0.416 e. The summed E-state index contributed by atoms with van der Waals surface area (Å²) in [5.41, 5.74) is 5.74. The number of thiophene rings is 1. The van der Waals surface area contributed by atoms with Gasteiger partial charge in [-0.1, -0.05) is 22.0 Å². The molecule has 6 heteroatoms. The van der Waals surface area contributed by atoms with Crippen LogP contribution in [0.15, 0.2) is 40.2 Å². The zero-order chi connectivity index (χ0) is 13.3. The van der Waals surface area contributed by atoms with Gasteiger partial charge >= 0.3 is 6.18 Å². The van der Waals surface area contributed by atoms with E-state index in [4.69, 9.17) is 5.73 Å². The van der Waals surface area contributed by atoms with Crippen LogP contribution in [0.1, 0.15) is 22.0 Å². The molecule has 96 valence electrons. The molecule has 1 aromatic carbocycles. The van der Waals surface area contributed by atoms with Crippen LogP contribution in [0.25, 0.3) is 0 Å². The van der Waals surface area contributed by atoms with Gasteiger partial charge in [-0.2, -0.15) is 13.2 Å². The van der Waals surface area contributed by atoms with E-state index in [-0.39, 0.29) is 0 Å². The Balaban J connectivity index is 2.44. The minimum absolute atomic E-state index is 0.437. The van der Waals surface area contributed by atoms with Gasteiger partial charge in [0.25, 0.3) is 0 Å². The summed E-state index contributed by atoms with van der Waals surface area (Å²) in [6.07, 6.45) is -4.36. The number of alkyl halides is 3. The molecule has 0 bridgehead atoms. The Labute approximate surface area is 115 Å². The Morgan fingerprint density at radius 2 is 1.94 bits per heavy atom. The van der Waals surface area contributed by atoms with E-state index in [1.807, 2.05) is 17.5 Å². The number of hydrogen-bond acceptors (Lipinski definition) is 2. The first-order valence-electron chi connectivity index (χ1n) is 5.05. The highest BCUT2D eigenvalue weighted by atomic mass is 79.9. The predicted molar refractivity (Wildman–Crippen MR) is 69.5 cm³/mol. The Morgan fingerprint density at radius 1 is 1.22 bits per heavy atom. The quantitative estimate of drug-likeness (QED) is 0.854. The monoisotopic (exact) mass is 335 g/mol. The fourth-order valence-corrected chi connectivity index (χ4v) is 2.82. The van der Waals surface area contributed by atoms with E-state index in [0.29, 0.717) is 10.0 Å². The van der Waals surface area contributed by atoms with Gasteiger partial charge in [0, 0.05) is 9.35 Å². The molecule has 2 N–H and O–H groups in total. The van der Waals surface area contributed by atoms with Crippen molar-refractivity contribution >= 4 is 27.3 Å². The number of rotatable bonds is 2. The van der Waals surface area contributed by atoms with Crippen molar-refractivity contribution in [3.63, 3.8) is 0 Å². The number of nitrogens with two attached hydrogens (primary N) is 1. The van der Waals surface area contributed by atoms with E-state index in [2.05, 4.69) is 15.9 Å². The molecule has 0 saturated carbocycles. The molecule has 18 heavy (non-hydrogen) atoms. The second-order valence-corrected chi connectivity index (χ2v) is 5.56. The van der Waals surface area contributed by atoms with Crippen molar-refractivity contribution in [1.82, 2.24) is 0 Å². The summed E-state index contributed by atoms with van der Waals surface area (Å²) in [6, 6.07) is 6.58. The van der Waals surface area contributed by atoms with E-state index in [1.165, 1.54) is 17.4 Å². The van der Waals surface area contributed by atoms with Crippen molar-refractivity contribution in [3.8, 4) is 0 Å². The molecule has 1 aromatic heterocycles. The summed E-state index contributed by atoms with van der Waals surface area (Å²) in [6.45, 7) is 0. The smallest absolute Gasteiger partial charge is 0.320 e. The Hall–Kier alpha value is -0.850. The van der Waals surface area contributed by atoms with Gasteiger partial charge in [0.05, 0.1) is 11.6 Å². The van der Waals surface area contributed by atoms with Crippen molar-refractivity contribution in [2.45, 2.75) is 12.2 Å². The molecule has 2 aromatic rings. The van der Waals surface area contributed by atoms with Gasteiger partial charge in [-0.3, -0.25) is 0 Å². The van der Waals surface area contributed by atoms with Crippen molar-refractivity contribution in [3.05, 3.63) is 56.2 Å². The van der Waals surface area contributed by atoms with Gasteiger partial charge in [-0.25, -0.2) is 0 Å². The zero-order valence-electron chi connectivity index (χ0n) is 9.04. The minimum Gasteiger partial charge on any atom is -0.320 e. The van der Waals surface area contributed by atoms with Crippen LogP contribution in [0.3, 0.4) is 0 Å². The van der Waals surface area contributed by atoms with Crippen LogP contribution in [0.5, 0.6) is 0 Å². The predicted octanol–water partition coefficient (Wildman–Crippen LogP) is 4.58. The van der Waals surface area contributed by atoms with Crippen LogP contribution >= 0.6 is 27.3 Å². The van der Waals surface area contributed by atoms with Crippen molar-refractivity contribution in [2.75, 3.05) is 0 Å². The average Bonchev–Trinajstić information content (AvgIpc) is 2.80. The van der Waals surface area contributed by atoms with Gasteiger partial charge in [0.15, 0.2) is 0 Å². The summed E-state index contributed by atoms with van der Waals surface area (Å²) in [4.78, 5) is 0.829. The van der Waals surface area contributed by atoms with Crippen LogP contribution in [0.2, 0.25) is 0 Å². The lowest BCUT2D eigenvalue weighted by molar-refractivity contribution is -0.137. The molecule has 0 aliphatic heterocycles. The third-order valence-corrected chi connectivity index (χ3v) is 4.19. The molecule has 1 nitrogen and oxygen atoms in total. The first-order valence-corrected chi connectivity index (χ1v) is 6.72. The number of halogens is 4. The van der Waals surface area contributed by atoms with Gasteiger partial charge in [-0.15, -0.1) is 11.3 Å². The Morgan fingerprint density at radius 3 is 2.50 bits per heavy atom. The molecule has 0 aliphatic rings. The molecule has 0 spiro atoms. The van der Waals surface area contributed by atoms with Crippen LogP contribution in [-0.2, 0) is 6.18 Å². The molecular weight excluding hydrogens is 327 g/mol. The fraction of sp³-hybridized carbons (Fsp3) is 0.167. The van der Waals surface area contributed by atoms with E-state index in [0.717, 1.165) is 17.0 Å². The molecule has 1 atom stereocenters. The molecule has 0 aliphatic carbocycles. The summed E-state index contributed by atoms with van der Waals surface area (Å²) >= 11 is 4.66. The highest BCUT2D eigenvalue weighted by molar-refractivity contribution is 9.10. The lowest BCUT2D eigenvalue weighted by atomic mass is 10.0. The van der Waals surface area contributed by atoms with Gasteiger partial charge in [-0.05, 0) is 35.2 Å². The molecular formula is C12H9BrF3NS. The summed E-state index contributed by atoms with van der Waals surface area (Å²) in [5, 5.41) is 1.84. The lowest BCUT2D eigenvalue weighted by Gasteiger charge is -2.15. The lowest BCUT2D eigenvalue weighted by Crippen LogP contribution is -2.13. The maximum atomic E-state index is 12.7. The van der Waals surface area contributed by atoms with Crippen LogP contribution in [0, 0.1) is 0 Å². The highest BCUT2D eigenvalue weighted by Gasteiger charge is 2.31. The maximum Gasteiger partial charge on any atom is 0.416 e. The molecule has 2 rings (SSSR count). The van der Waals surface area contributed by atoms with E-state index < -0.39 is 17.8 Å². The molecule has 1 heterocycles. The maximum absolute atomic E-state index is 12.7. The highest BCUT2D eigenvalue weighted by Crippen LogP contribution is 2.35. The van der Waals surface area contributed by atoms with Crippen LogP contribution in [-0.4, -0.2) is 0 Å². The topological polar surface area (TPSA) is 26.0 Å². The zero-order valence-corrected chi connectivity index (χ0v) is 11.4. The van der Waals surface area contributed by atoms with Crippen LogP contribution in [0.4, 0.5) is 13.2 Å². The Bertz CT molecular complexity index is 537. The molecule has 0 unspecified atom stereocenters. The van der Waals surface area contributed by atoms with E-state index in [1.54, 1.807) is 0 Å². The average molecular weight is 336 g/mol. The first-order chi connectivity index (χ1) is 8.39.